The van der Waals surface area contributed by atoms with Gasteiger partial charge in [0, 0.05) is 18.3 Å². The smallest absolute Gasteiger partial charge is 0.303 e. The highest BCUT2D eigenvalue weighted by atomic mass is 16.4. The highest BCUT2D eigenvalue weighted by molar-refractivity contribution is 5.66. The van der Waals surface area contributed by atoms with Crippen molar-refractivity contribution in [1.82, 2.24) is 10.2 Å². The van der Waals surface area contributed by atoms with E-state index in [2.05, 4.69) is 28.4 Å². The first-order valence-corrected chi connectivity index (χ1v) is 10.1. The van der Waals surface area contributed by atoms with Gasteiger partial charge in [0.2, 0.25) is 0 Å². The van der Waals surface area contributed by atoms with E-state index in [4.69, 9.17) is 5.11 Å². The summed E-state index contributed by atoms with van der Waals surface area (Å²) in [6.45, 7) is 0. The van der Waals surface area contributed by atoms with E-state index < -0.39 is 5.97 Å². The van der Waals surface area contributed by atoms with Crippen molar-refractivity contribution < 1.29 is 9.90 Å². The zero-order chi connectivity index (χ0) is 18.0. The van der Waals surface area contributed by atoms with Crippen LogP contribution >= 0.6 is 0 Å². The van der Waals surface area contributed by atoms with E-state index >= 15 is 0 Å². The van der Waals surface area contributed by atoms with Crippen LogP contribution in [-0.4, -0.2) is 21.3 Å². The molecule has 0 amide bonds. The van der Waals surface area contributed by atoms with Crippen molar-refractivity contribution in [3.8, 4) is 0 Å². The molecule has 0 aliphatic rings. The molecule has 2 N–H and O–H groups in total. The van der Waals surface area contributed by atoms with Gasteiger partial charge in [-0.1, -0.05) is 57.1 Å². The Labute approximate surface area is 153 Å². The van der Waals surface area contributed by atoms with Crippen LogP contribution in [0.2, 0.25) is 0 Å². The number of carboxylic acids is 1. The molecule has 0 aliphatic heterocycles. The summed E-state index contributed by atoms with van der Waals surface area (Å²) in [5.74, 6) is -0.669. The molecule has 0 atom stereocenters. The molecule has 142 valence electrons. The van der Waals surface area contributed by atoms with Gasteiger partial charge in [-0.2, -0.15) is 5.10 Å². The maximum Gasteiger partial charge on any atom is 0.303 e. The molecule has 1 aromatic rings. The van der Waals surface area contributed by atoms with Gasteiger partial charge in [-0.15, -0.1) is 0 Å². The predicted molar refractivity (Wildman–Crippen MR) is 104 cm³/mol. The van der Waals surface area contributed by atoms with Gasteiger partial charge in [0.15, 0.2) is 0 Å². The summed E-state index contributed by atoms with van der Waals surface area (Å²) < 4.78 is 0. The summed E-state index contributed by atoms with van der Waals surface area (Å²) in [4.78, 5) is 10.4. The van der Waals surface area contributed by atoms with Crippen LogP contribution < -0.4 is 0 Å². The molecule has 4 nitrogen and oxygen atoms in total. The number of carboxylic acid groups (broad SMARTS) is 1. The van der Waals surface area contributed by atoms with E-state index in [0.717, 1.165) is 19.3 Å². The molecule has 1 rings (SSSR count). The van der Waals surface area contributed by atoms with E-state index in [1.165, 1.54) is 76.3 Å². The molecule has 0 bridgehead atoms. The molecular weight excluding hydrogens is 312 g/mol. The number of carbonyl (C=O) groups is 1. The Morgan fingerprint density at radius 3 is 2.00 bits per heavy atom. The van der Waals surface area contributed by atoms with Crippen LogP contribution in [0.25, 0.3) is 0 Å². The van der Waals surface area contributed by atoms with Gasteiger partial charge in [0.25, 0.3) is 0 Å². The number of nitrogens with one attached hydrogen (secondary N) is 1. The zero-order valence-electron chi connectivity index (χ0n) is 15.7. The number of allylic oxidation sites excluding steroid dienone is 2. The Morgan fingerprint density at radius 1 is 0.880 bits per heavy atom. The molecule has 0 aliphatic carbocycles. The minimum atomic E-state index is -0.669. The number of hydrogen-bond donors (Lipinski definition) is 2. The number of nitrogens with zero attached hydrogens (tertiary/aromatic N) is 1. The van der Waals surface area contributed by atoms with Crippen LogP contribution in [-0.2, 0) is 11.2 Å². The Balaban J connectivity index is 1.73. The maximum atomic E-state index is 10.4. The molecule has 25 heavy (non-hydrogen) atoms. The second-order valence-corrected chi connectivity index (χ2v) is 6.91. The normalized spacial score (nSPS) is 11.4. The fourth-order valence-electron chi connectivity index (χ4n) is 3.01. The molecule has 0 aromatic carbocycles. The van der Waals surface area contributed by atoms with Gasteiger partial charge in [0.1, 0.15) is 0 Å². The molecule has 1 aromatic heterocycles. The first kappa shape index (κ1) is 21.5. The monoisotopic (exact) mass is 348 g/mol. The van der Waals surface area contributed by atoms with Gasteiger partial charge in [0.05, 0.1) is 0 Å². The summed E-state index contributed by atoms with van der Waals surface area (Å²) in [7, 11) is 0. The number of hydrogen-bond acceptors (Lipinski definition) is 2. The topological polar surface area (TPSA) is 66.0 Å². The third-order valence-electron chi connectivity index (χ3n) is 4.55. The summed E-state index contributed by atoms with van der Waals surface area (Å²) in [6, 6.07) is 2.06. The minimum absolute atomic E-state index is 0.324. The second kappa shape index (κ2) is 15.9. The number of rotatable bonds is 17. The fourth-order valence-corrected chi connectivity index (χ4v) is 3.01. The Hall–Kier alpha value is -1.58. The lowest BCUT2D eigenvalue weighted by Gasteiger charge is -2.00. The quantitative estimate of drug-likeness (QED) is 0.266. The first-order valence-electron chi connectivity index (χ1n) is 10.1. The van der Waals surface area contributed by atoms with Crippen molar-refractivity contribution in [2.24, 2.45) is 0 Å². The highest BCUT2D eigenvalue weighted by Crippen LogP contribution is 2.11. The number of aryl methyl sites for hydroxylation is 1. The van der Waals surface area contributed by atoms with Crippen molar-refractivity contribution in [1.29, 1.82) is 0 Å². The third kappa shape index (κ3) is 14.5. The van der Waals surface area contributed by atoms with E-state index in [9.17, 15) is 4.79 Å². The Morgan fingerprint density at radius 2 is 1.44 bits per heavy atom. The van der Waals surface area contributed by atoms with Crippen molar-refractivity contribution in [2.75, 3.05) is 0 Å². The molecule has 0 spiro atoms. The van der Waals surface area contributed by atoms with Gasteiger partial charge in [-0.25, -0.2) is 0 Å². The van der Waals surface area contributed by atoms with Crippen LogP contribution in [0.1, 0.15) is 95.6 Å². The van der Waals surface area contributed by atoms with Gasteiger partial charge in [-0.3, -0.25) is 9.89 Å². The molecular formula is C21H36N2O2. The first-order chi connectivity index (χ1) is 12.3. The maximum absolute atomic E-state index is 10.4. The van der Waals surface area contributed by atoms with Crippen LogP contribution in [0.4, 0.5) is 0 Å². The molecule has 0 saturated carbocycles. The molecule has 4 heteroatoms. The summed E-state index contributed by atoms with van der Waals surface area (Å²) in [5.41, 5.74) is 1.25. The molecule has 0 radical (unpaired) electrons. The number of unbranched alkanes of at least 4 members (excludes halogenated alkanes) is 11. The van der Waals surface area contributed by atoms with Crippen LogP contribution in [0.3, 0.4) is 0 Å². The summed E-state index contributed by atoms with van der Waals surface area (Å²) in [5, 5.41) is 15.5. The van der Waals surface area contributed by atoms with E-state index in [1.54, 1.807) is 0 Å². The minimum Gasteiger partial charge on any atom is -0.481 e. The van der Waals surface area contributed by atoms with Crippen LogP contribution in [0, 0.1) is 0 Å². The number of H-pyrrole nitrogens is 1. The Kier molecular flexibility index (Phi) is 13.7. The van der Waals surface area contributed by atoms with Crippen molar-refractivity contribution >= 4 is 5.97 Å². The van der Waals surface area contributed by atoms with Gasteiger partial charge >= 0.3 is 5.97 Å². The van der Waals surface area contributed by atoms with E-state index in [1.807, 2.05) is 6.20 Å². The third-order valence-corrected chi connectivity index (χ3v) is 4.55. The fraction of sp³-hybridized carbons (Fsp3) is 0.714. The molecule has 0 saturated heterocycles. The lowest BCUT2D eigenvalue weighted by Crippen LogP contribution is -1.93. The lowest BCUT2D eigenvalue weighted by atomic mass is 10.1. The number of aromatic nitrogens is 2. The SMILES string of the molecule is O=C(O)CCCCCCC/C=C\CCCCCCCCc1ccn[nH]1. The van der Waals surface area contributed by atoms with Crippen molar-refractivity contribution in [3.05, 3.63) is 30.1 Å². The largest absolute Gasteiger partial charge is 0.481 e. The number of aromatic amines is 1. The number of aliphatic carboxylic acids is 1. The van der Waals surface area contributed by atoms with Crippen molar-refractivity contribution in [3.63, 3.8) is 0 Å². The standard InChI is InChI=1S/C21H36N2O2/c24-21(25)17-15-13-11-9-7-5-3-1-2-4-6-8-10-12-14-16-20-18-19-22-23-20/h1,3,18-19H,2,4-17H2,(H,22,23)(H,24,25)/b3-1-. The lowest BCUT2D eigenvalue weighted by molar-refractivity contribution is -0.137. The predicted octanol–water partition coefficient (Wildman–Crippen LogP) is 6.05. The highest BCUT2D eigenvalue weighted by Gasteiger charge is 1.96. The zero-order valence-corrected chi connectivity index (χ0v) is 15.7. The van der Waals surface area contributed by atoms with E-state index in [0.29, 0.717) is 6.42 Å². The molecule has 0 unspecified atom stereocenters. The average molecular weight is 349 g/mol. The van der Waals surface area contributed by atoms with E-state index in [-0.39, 0.29) is 0 Å². The Bertz CT molecular complexity index is 441. The van der Waals surface area contributed by atoms with Gasteiger partial charge in [-0.05, 0) is 51.0 Å². The molecule has 0 fully saturated rings. The van der Waals surface area contributed by atoms with Gasteiger partial charge < -0.3 is 5.11 Å². The second-order valence-electron chi connectivity index (χ2n) is 6.91. The molecule has 1 heterocycles. The summed E-state index contributed by atoms with van der Waals surface area (Å²) >= 11 is 0. The van der Waals surface area contributed by atoms with Crippen molar-refractivity contribution in [2.45, 2.75) is 96.3 Å². The average Bonchev–Trinajstić information content (AvgIpc) is 3.11. The van der Waals surface area contributed by atoms with Crippen LogP contribution in [0.15, 0.2) is 24.4 Å². The summed E-state index contributed by atoms with van der Waals surface area (Å²) in [6.07, 6.45) is 23.8. The van der Waals surface area contributed by atoms with Crippen LogP contribution in [0.5, 0.6) is 0 Å².